The van der Waals surface area contributed by atoms with Crippen molar-refractivity contribution in [1.29, 1.82) is 0 Å². The van der Waals surface area contributed by atoms with Crippen molar-refractivity contribution in [1.82, 2.24) is 5.32 Å². The molecule has 0 unspecified atom stereocenters. The van der Waals surface area contributed by atoms with Crippen LogP contribution in [0.2, 0.25) is 0 Å². The van der Waals surface area contributed by atoms with E-state index in [1.165, 1.54) is 38.5 Å². The molecule has 2 N–H and O–H groups in total. The van der Waals surface area contributed by atoms with Crippen molar-refractivity contribution in [2.75, 3.05) is 19.5 Å². The normalized spacial score (nSPS) is 10.1. The molecule has 2 rings (SSSR count). The minimum atomic E-state index is -1.02. The fourth-order valence-electron chi connectivity index (χ4n) is 2.18. The molecule has 0 aromatic heterocycles. The molecule has 0 spiro atoms. The van der Waals surface area contributed by atoms with Gasteiger partial charge in [-0.3, -0.25) is 0 Å². The van der Waals surface area contributed by atoms with Crippen LogP contribution in [0.4, 0.5) is 19.3 Å². The van der Waals surface area contributed by atoms with Crippen LogP contribution in [0.5, 0.6) is 0 Å². The van der Waals surface area contributed by atoms with Crippen LogP contribution in [0.15, 0.2) is 36.4 Å². The maximum absolute atomic E-state index is 13.2. The Hall–Kier alpha value is -3.49. The Bertz CT molecular complexity index is 852. The summed E-state index contributed by atoms with van der Waals surface area (Å²) in [5.74, 6) is -3.42. The van der Waals surface area contributed by atoms with E-state index in [0.717, 1.165) is 12.1 Å². The fourth-order valence-corrected chi connectivity index (χ4v) is 2.18. The summed E-state index contributed by atoms with van der Waals surface area (Å²) in [6.07, 6.45) is 0. The summed E-state index contributed by atoms with van der Waals surface area (Å²) >= 11 is 0. The van der Waals surface area contributed by atoms with Crippen molar-refractivity contribution in [3.8, 4) is 0 Å². The molecule has 0 aliphatic heterocycles. The minimum Gasteiger partial charge on any atom is -0.465 e. The van der Waals surface area contributed by atoms with Gasteiger partial charge >= 0.3 is 18.0 Å². The number of hydrogen-bond acceptors (Lipinski definition) is 5. The van der Waals surface area contributed by atoms with Gasteiger partial charge in [0.1, 0.15) is 0 Å². The number of ether oxygens (including phenoxy) is 2. The van der Waals surface area contributed by atoms with Gasteiger partial charge in [0.15, 0.2) is 11.6 Å². The van der Waals surface area contributed by atoms with Gasteiger partial charge in [-0.05, 0) is 35.9 Å². The van der Waals surface area contributed by atoms with Crippen LogP contribution >= 0.6 is 0 Å². The van der Waals surface area contributed by atoms with Crippen LogP contribution in [0.3, 0.4) is 0 Å². The van der Waals surface area contributed by atoms with Crippen molar-refractivity contribution in [2.24, 2.45) is 0 Å². The SMILES string of the molecule is COC(=O)c1cc(NC(=O)NCc2ccc(F)c(F)c2)cc(C(=O)OC)c1. The van der Waals surface area contributed by atoms with Gasteiger partial charge in [0.05, 0.1) is 25.3 Å². The maximum atomic E-state index is 13.2. The fraction of sp³-hybridized carbons (Fsp3) is 0.167. The van der Waals surface area contributed by atoms with Gasteiger partial charge in [-0.2, -0.15) is 0 Å². The quantitative estimate of drug-likeness (QED) is 0.781. The second-order valence-corrected chi connectivity index (χ2v) is 5.34. The number of carbonyl (C=O) groups is 3. The molecule has 0 atom stereocenters. The summed E-state index contributed by atoms with van der Waals surface area (Å²) in [5.41, 5.74) is 0.566. The molecule has 0 radical (unpaired) electrons. The summed E-state index contributed by atoms with van der Waals surface area (Å²) < 4.78 is 35.3. The number of hydrogen-bond donors (Lipinski definition) is 2. The maximum Gasteiger partial charge on any atom is 0.337 e. The van der Waals surface area contributed by atoms with Gasteiger partial charge < -0.3 is 20.1 Å². The van der Waals surface area contributed by atoms with Crippen LogP contribution in [0, 0.1) is 11.6 Å². The lowest BCUT2D eigenvalue weighted by Crippen LogP contribution is -2.28. The highest BCUT2D eigenvalue weighted by Crippen LogP contribution is 2.17. The summed E-state index contributed by atoms with van der Waals surface area (Å²) in [6, 6.07) is 6.45. The van der Waals surface area contributed by atoms with E-state index in [1.807, 2.05) is 0 Å². The van der Waals surface area contributed by atoms with Crippen LogP contribution in [0.25, 0.3) is 0 Å². The minimum absolute atomic E-state index is 0.0382. The number of rotatable bonds is 5. The first-order chi connectivity index (χ1) is 12.8. The Morgan fingerprint density at radius 3 is 2.00 bits per heavy atom. The van der Waals surface area contributed by atoms with E-state index >= 15 is 0 Å². The Balaban J connectivity index is 2.12. The number of methoxy groups -OCH3 is 2. The summed E-state index contributed by atoms with van der Waals surface area (Å²) in [4.78, 5) is 35.4. The first-order valence-corrected chi connectivity index (χ1v) is 7.64. The predicted octanol–water partition coefficient (Wildman–Crippen LogP) is 2.86. The molecule has 0 saturated carbocycles. The lowest BCUT2D eigenvalue weighted by atomic mass is 10.1. The van der Waals surface area contributed by atoms with E-state index < -0.39 is 29.6 Å². The number of amides is 2. The number of carbonyl (C=O) groups excluding carboxylic acids is 3. The Labute approximate surface area is 153 Å². The van der Waals surface area contributed by atoms with Gasteiger partial charge in [-0.25, -0.2) is 23.2 Å². The second-order valence-electron chi connectivity index (χ2n) is 5.34. The molecule has 0 fully saturated rings. The van der Waals surface area contributed by atoms with E-state index in [0.29, 0.717) is 5.56 Å². The lowest BCUT2D eigenvalue weighted by molar-refractivity contribution is 0.0599. The van der Waals surface area contributed by atoms with Crippen LogP contribution in [-0.4, -0.2) is 32.2 Å². The first kappa shape index (κ1) is 19.8. The van der Waals surface area contributed by atoms with Gasteiger partial charge in [0.2, 0.25) is 0 Å². The molecule has 0 heterocycles. The van der Waals surface area contributed by atoms with E-state index in [9.17, 15) is 23.2 Å². The highest BCUT2D eigenvalue weighted by molar-refractivity contribution is 5.99. The van der Waals surface area contributed by atoms with Crippen LogP contribution in [0.1, 0.15) is 26.3 Å². The number of halogens is 2. The van der Waals surface area contributed by atoms with E-state index in [-0.39, 0.29) is 23.4 Å². The van der Waals surface area contributed by atoms with Crippen LogP contribution < -0.4 is 10.6 Å². The summed E-state index contributed by atoms with van der Waals surface area (Å²) in [6.45, 7) is -0.0659. The standard InChI is InChI=1S/C18H16F2N2O5/c1-26-16(23)11-6-12(17(24)27-2)8-13(7-11)22-18(25)21-9-10-3-4-14(19)15(20)5-10/h3-8H,9H2,1-2H3,(H2,21,22,25). The Morgan fingerprint density at radius 2 is 1.48 bits per heavy atom. The molecule has 7 nitrogen and oxygen atoms in total. The monoisotopic (exact) mass is 378 g/mol. The molecule has 0 saturated heterocycles. The zero-order chi connectivity index (χ0) is 20.0. The molecule has 142 valence electrons. The smallest absolute Gasteiger partial charge is 0.337 e. The average Bonchev–Trinajstić information content (AvgIpc) is 2.67. The third-order valence-electron chi connectivity index (χ3n) is 3.47. The van der Waals surface area contributed by atoms with Gasteiger partial charge in [-0.15, -0.1) is 0 Å². The van der Waals surface area contributed by atoms with Crippen LogP contribution in [-0.2, 0) is 16.0 Å². The molecule has 2 aromatic rings. The van der Waals surface area contributed by atoms with Crippen molar-refractivity contribution >= 4 is 23.7 Å². The zero-order valence-electron chi connectivity index (χ0n) is 14.5. The number of urea groups is 1. The van der Waals surface area contributed by atoms with Crippen molar-refractivity contribution in [3.63, 3.8) is 0 Å². The predicted molar refractivity (Wildman–Crippen MR) is 91.3 cm³/mol. The number of esters is 2. The van der Waals surface area contributed by atoms with E-state index in [4.69, 9.17) is 0 Å². The molecule has 9 heteroatoms. The molecular formula is C18H16F2N2O5. The van der Waals surface area contributed by atoms with Gasteiger partial charge in [-0.1, -0.05) is 6.07 Å². The number of anilines is 1. The van der Waals surface area contributed by atoms with E-state index in [1.54, 1.807) is 0 Å². The molecule has 27 heavy (non-hydrogen) atoms. The lowest BCUT2D eigenvalue weighted by Gasteiger charge is -2.11. The highest BCUT2D eigenvalue weighted by atomic mass is 19.2. The molecule has 0 aliphatic rings. The average molecular weight is 378 g/mol. The van der Waals surface area contributed by atoms with Crippen molar-refractivity contribution < 1.29 is 32.6 Å². The molecule has 0 aliphatic carbocycles. The molecule has 2 amide bonds. The molecule has 2 aromatic carbocycles. The topological polar surface area (TPSA) is 93.7 Å². The zero-order valence-corrected chi connectivity index (χ0v) is 14.5. The Morgan fingerprint density at radius 1 is 0.889 bits per heavy atom. The highest BCUT2D eigenvalue weighted by Gasteiger charge is 2.15. The van der Waals surface area contributed by atoms with Gasteiger partial charge in [0.25, 0.3) is 0 Å². The number of nitrogens with one attached hydrogen (secondary N) is 2. The van der Waals surface area contributed by atoms with Crippen molar-refractivity contribution in [2.45, 2.75) is 6.54 Å². The first-order valence-electron chi connectivity index (χ1n) is 7.64. The molecular weight excluding hydrogens is 362 g/mol. The van der Waals surface area contributed by atoms with Gasteiger partial charge in [0, 0.05) is 12.2 Å². The number of benzene rings is 2. The summed E-state index contributed by atoms with van der Waals surface area (Å²) in [7, 11) is 2.35. The summed E-state index contributed by atoms with van der Waals surface area (Å²) in [5, 5.41) is 4.89. The second kappa shape index (κ2) is 8.75. The largest absolute Gasteiger partial charge is 0.465 e. The Kier molecular flexibility index (Phi) is 6.42. The third-order valence-corrected chi connectivity index (χ3v) is 3.47. The molecule has 0 bridgehead atoms. The van der Waals surface area contributed by atoms with Crippen molar-refractivity contribution in [3.05, 3.63) is 64.7 Å². The van der Waals surface area contributed by atoms with E-state index in [2.05, 4.69) is 20.1 Å². The third kappa shape index (κ3) is 5.24.